The summed E-state index contributed by atoms with van der Waals surface area (Å²) in [5, 5.41) is 2.95. The first-order valence-corrected chi connectivity index (χ1v) is 8.27. The fourth-order valence-electron chi connectivity index (χ4n) is 2.78. The molecular weight excluding hydrogens is 300 g/mol. The van der Waals surface area contributed by atoms with Gasteiger partial charge in [-0.15, -0.1) is 0 Å². The molecule has 1 N–H and O–H groups in total. The molecule has 0 fully saturated rings. The van der Waals surface area contributed by atoms with E-state index in [9.17, 15) is 4.79 Å². The van der Waals surface area contributed by atoms with Crippen LogP contribution < -0.4 is 5.32 Å². The van der Waals surface area contributed by atoms with Crippen LogP contribution in [0.2, 0.25) is 0 Å². The zero-order valence-corrected chi connectivity index (χ0v) is 14.1. The molecule has 0 saturated carbocycles. The maximum Gasteiger partial charge on any atom is 0.251 e. The Kier molecular flexibility index (Phi) is 4.89. The molecule has 0 bridgehead atoms. The third kappa shape index (κ3) is 3.62. The van der Waals surface area contributed by atoms with Gasteiger partial charge in [0.1, 0.15) is 5.82 Å². The van der Waals surface area contributed by atoms with Crippen LogP contribution in [0.4, 0.5) is 0 Å². The summed E-state index contributed by atoms with van der Waals surface area (Å²) in [5.41, 5.74) is 2.79. The highest BCUT2D eigenvalue weighted by atomic mass is 16.1. The van der Waals surface area contributed by atoms with E-state index in [-0.39, 0.29) is 5.91 Å². The van der Waals surface area contributed by atoms with Crippen molar-refractivity contribution in [3.63, 3.8) is 0 Å². The van der Waals surface area contributed by atoms with E-state index < -0.39 is 0 Å². The minimum atomic E-state index is -0.0797. The number of hydrogen-bond acceptors (Lipinski definition) is 3. The van der Waals surface area contributed by atoms with Crippen molar-refractivity contribution in [1.29, 1.82) is 0 Å². The van der Waals surface area contributed by atoms with Crippen LogP contribution in [0.1, 0.15) is 30.0 Å². The van der Waals surface area contributed by atoms with Crippen molar-refractivity contribution >= 4 is 16.9 Å². The van der Waals surface area contributed by atoms with Gasteiger partial charge in [0.25, 0.3) is 5.91 Å². The second-order valence-electron chi connectivity index (χ2n) is 6.26. The zero-order chi connectivity index (χ0) is 16.9. The summed E-state index contributed by atoms with van der Waals surface area (Å²) in [6.07, 6.45) is 3.95. The molecule has 1 aromatic carbocycles. The molecule has 0 saturated heterocycles. The van der Waals surface area contributed by atoms with E-state index in [1.54, 1.807) is 24.5 Å². The lowest BCUT2D eigenvalue weighted by molar-refractivity contribution is 0.0954. The van der Waals surface area contributed by atoms with E-state index in [4.69, 9.17) is 4.98 Å². The van der Waals surface area contributed by atoms with E-state index in [2.05, 4.69) is 34.8 Å². The molecule has 0 unspecified atom stereocenters. The number of nitrogens with zero attached hydrogens (tertiary/aromatic N) is 3. The van der Waals surface area contributed by atoms with Gasteiger partial charge in [-0.2, -0.15) is 0 Å². The van der Waals surface area contributed by atoms with Gasteiger partial charge in [0, 0.05) is 37.5 Å². The molecular formula is C19H22N4O. The number of carbonyl (C=O) groups excluding carboxylic acids is 1. The first kappa shape index (κ1) is 16.2. The maximum atomic E-state index is 12.1. The Hall–Kier alpha value is -2.69. The summed E-state index contributed by atoms with van der Waals surface area (Å²) in [5.74, 6) is 1.47. The minimum absolute atomic E-state index is 0.0797. The van der Waals surface area contributed by atoms with E-state index in [0.29, 0.717) is 24.4 Å². The molecule has 0 aliphatic heterocycles. The molecule has 2 heterocycles. The van der Waals surface area contributed by atoms with Crippen molar-refractivity contribution < 1.29 is 4.79 Å². The molecule has 1 amide bonds. The molecule has 3 aromatic rings. The van der Waals surface area contributed by atoms with E-state index in [0.717, 1.165) is 23.4 Å². The molecule has 124 valence electrons. The van der Waals surface area contributed by atoms with Gasteiger partial charge in [-0.3, -0.25) is 9.78 Å². The molecule has 5 nitrogen and oxygen atoms in total. The normalized spacial score (nSPS) is 11.1. The van der Waals surface area contributed by atoms with Gasteiger partial charge in [0.15, 0.2) is 0 Å². The summed E-state index contributed by atoms with van der Waals surface area (Å²) in [7, 11) is 0. The summed E-state index contributed by atoms with van der Waals surface area (Å²) < 4.78 is 2.26. The van der Waals surface area contributed by atoms with Crippen molar-refractivity contribution in [2.24, 2.45) is 5.92 Å². The fraction of sp³-hybridized carbons (Fsp3) is 0.316. The summed E-state index contributed by atoms with van der Waals surface area (Å²) in [6, 6.07) is 11.6. The molecule has 0 radical (unpaired) electrons. The average Bonchev–Trinajstić information content (AvgIpc) is 2.93. The Morgan fingerprint density at radius 1 is 1.17 bits per heavy atom. The number of para-hydroxylation sites is 2. The van der Waals surface area contributed by atoms with Gasteiger partial charge in [0.05, 0.1) is 11.0 Å². The number of fused-ring (bicyclic) bond motifs is 1. The van der Waals surface area contributed by atoms with E-state index >= 15 is 0 Å². The fourth-order valence-corrected chi connectivity index (χ4v) is 2.78. The third-order valence-corrected chi connectivity index (χ3v) is 3.86. The topological polar surface area (TPSA) is 59.8 Å². The predicted molar refractivity (Wildman–Crippen MR) is 94.8 cm³/mol. The molecule has 3 rings (SSSR count). The van der Waals surface area contributed by atoms with Gasteiger partial charge in [-0.1, -0.05) is 26.0 Å². The summed E-state index contributed by atoms with van der Waals surface area (Å²) >= 11 is 0. The molecule has 0 aliphatic carbocycles. The lowest BCUT2D eigenvalue weighted by Gasteiger charge is -2.12. The van der Waals surface area contributed by atoms with Gasteiger partial charge < -0.3 is 9.88 Å². The van der Waals surface area contributed by atoms with Crippen LogP contribution in [0, 0.1) is 5.92 Å². The van der Waals surface area contributed by atoms with Crippen LogP contribution in [0.3, 0.4) is 0 Å². The Morgan fingerprint density at radius 2 is 1.92 bits per heavy atom. The van der Waals surface area contributed by atoms with Gasteiger partial charge in [0.2, 0.25) is 0 Å². The number of imidazole rings is 1. The zero-order valence-electron chi connectivity index (χ0n) is 14.1. The number of hydrogen-bond donors (Lipinski definition) is 1. The highest BCUT2D eigenvalue weighted by Gasteiger charge is 2.12. The molecule has 0 aliphatic rings. The third-order valence-electron chi connectivity index (χ3n) is 3.86. The number of amides is 1. The monoisotopic (exact) mass is 322 g/mol. The highest BCUT2D eigenvalue weighted by Crippen LogP contribution is 2.18. The Balaban J connectivity index is 1.72. The molecule has 0 atom stereocenters. The lowest BCUT2D eigenvalue weighted by atomic mass is 10.2. The van der Waals surface area contributed by atoms with Crippen LogP contribution in [0.15, 0.2) is 48.8 Å². The minimum Gasteiger partial charge on any atom is -0.352 e. The van der Waals surface area contributed by atoms with Crippen molar-refractivity contribution in [1.82, 2.24) is 19.9 Å². The summed E-state index contributed by atoms with van der Waals surface area (Å²) in [6.45, 7) is 5.88. The van der Waals surface area contributed by atoms with Gasteiger partial charge in [-0.25, -0.2) is 4.98 Å². The van der Waals surface area contributed by atoms with Crippen LogP contribution >= 0.6 is 0 Å². The maximum absolute atomic E-state index is 12.1. The number of aromatic nitrogens is 3. The van der Waals surface area contributed by atoms with Crippen LogP contribution in [0.25, 0.3) is 11.0 Å². The standard InChI is InChI=1S/C19H22N4O/c1-14(2)13-23-17-6-4-3-5-16(17)22-18(23)9-12-21-19(24)15-7-10-20-11-8-15/h3-8,10-11,14H,9,12-13H2,1-2H3,(H,21,24). The quantitative estimate of drug-likeness (QED) is 0.759. The van der Waals surface area contributed by atoms with Crippen LogP contribution in [-0.4, -0.2) is 27.0 Å². The van der Waals surface area contributed by atoms with Crippen LogP contribution in [-0.2, 0) is 13.0 Å². The van der Waals surface area contributed by atoms with E-state index in [1.165, 1.54) is 0 Å². The van der Waals surface area contributed by atoms with Crippen molar-refractivity contribution in [2.75, 3.05) is 6.54 Å². The summed E-state index contributed by atoms with van der Waals surface area (Å²) in [4.78, 5) is 20.8. The van der Waals surface area contributed by atoms with Gasteiger partial charge in [-0.05, 0) is 30.2 Å². The number of benzene rings is 1. The second-order valence-corrected chi connectivity index (χ2v) is 6.26. The Morgan fingerprint density at radius 3 is 2.67 bits per heavy atom. The van der Waals surface area contributed by atoms with Crippen LogP contribution in [0.5, 0.6) is 0 Å². The largest absolute Gasteiger partial charge is 0.352 e. The van der Waals surface area contributed by atoms with Crippen molar-refractivity contribution in [3.05, 3.63) is 60.2 Å². The number of pyridine rings is 1. The van der Waals surface area contributed by atoms with Crippen molar-refractivity contribution in [2.45, 2.75) is 26.8 Å². The smallest absolute Gasteiger partial charge is 0.251 e. The number of nitrogens with one attached hydrogen (secondary N) is 1. The predicted octanol–water partition coefficient (Wildman–Crippen LogP) is 3.06. The first-order chi connectivity index (χ1) is 11.6. The molecule has 24 heavy (non-hydrogen) atoms. The highest BCUT2D eigenvalue weighted by molar-refractivity contribution is 5.93. The first-order valence-electron chi connectivity index (χ1n) is 8.27. The molecule has 5 heteroatoms. The molecule has 2 aromatic heterocycles. The van der Waals surface area contributed by atoms with Gasteiger partial charge >= 0.3 is 0 Å². The second kappa shape index (κ2) is 7.25. The lowest BCUT2D eigenvalue weighted by Crippen LogP contribution is -2.26. The Labute approximate surface area is 141 Å². The number of rotatable bonds is 6. The number of carbonyl (C=O) groups is 1. The van der Waals surface area contributed by atoms with Crippen molar-refractivity contribution in [3.8, 4) is 0 Å². The SMILES string of the molecule is CC(C)Cn1c(CCNC(=O)c2ccncc2)nc2ccccc21. The Bertz CT molecular complexity index is 824. The molecule has 0 spiro atoms. The van der Waals surface area contributed by atoms with E-state index in [1.807, 2.05) is 18.2 Å². The average molecular weight is 322 g/mol.